The summed E-state index contributed by atoms with van der Waals surface area (Å²) in [4.78, 5) is 55.8. The number of fused-ring (bicyclic) bond motifs is 3. The number of benzene rings is 2. The van der Waals surface area contributed by atoms with Crippen LogP contribution in [0.4, 0.5) is 5.69 Å². The molecule has 222 valence electrons. The van der Waals surface area contributed by atoms with Crippen molar-refractivity contribution in [3.63, 3.8) is 0 Å². The molecule has 0 heterocycles. The summed E-state index contributed by atoms with van der Waals surface area (Å²) in [5.74, 6) is -8.78. The van der Waals surface area contributed by atoms with Crippen molar-refractivity contribution in [2.24, 2.45) is 23.5 Å². The lowest BCUT2D eigenvalue weighted by Gasteiger charge is -2.53. The Balaban J connectivity index is 1.74. The van der Waals surface area contributed by atoms with Gasteiger partial charge < -0.3 is 36.0 Å². The van der Waals surface area contributed by atoms with Gasteiger partial charge in [0.1, 0.15) is 17.4 Å². The zero-order valence-corrected chi connectivity index (χ0v) is 24.1. The molecule has 3 aliphatic carbocycles. The zero-order chi connectivity index (χ0) is 31.0. The summed E-state index contributed by atoms with van der Waals surface area (Å²) >= 11 is 0. The predicted molar refractivity (Wildman–Crippen MR) is 154 cm³/mol. The van der Waals surface area contributed by atoms with E-state index in [2.05, 4.69) is 0 Å². The van der Waals surface area contributed by atoms with Crippen LogP contribution in [-0.4, -0.2) is 94.5 Å². The average Bonchev–Trinajstić information content (AvgIpc) is 2.90. The number of nitrogens with two attached hydrogens (primary N) is 1. The van der Waals surface area contributed by atoms with Crippen LogP contribution in [0, 0.1) is 17.8 Å². The van der Waals surface area contributed by atoms with Crippen molar-refractivity contribution in [1.82, 2.24) is 4.90 Å². The van der Waals surface area contributed by atoms with Gasteiger partial charge in [-0.25, -0.2) is 0 Å². The van der Waals surface area contributed by atoms with Gasteiger partial charge in [-0.05, 0) is 74.7 Å². The van der Waals surface area contributed by atoms with E-state index in [1.807, 2.05) is 43.3 Å². The number of carbonyl (C=O) groups excluding carboxylic acids is 4. The van der Waals surface area contributed by atoms with E-state index >= 15 is 0 Å². The molecular formula is C31H35N3O8. The number of aliphatic hydroxyl groups is 3. The Labute approximate surface area is 242 Å². The lowest BCUT2D eigenvalue weighted by molar-refractivity contribution is -0.184. The summed E-state index contributed by atoms with van der Waals surface area (Å²) in [5.41, 5.74) is 4.97. The van der Waals surface area contributed by atoms with Crippen molar-refractivity contribution in [3.05, 3.63) is 52.6 Å². The summed E-state index contributed by atoms with van der Waals surface area (Å²) in [6, 6.07) is 8.08. The maximum absolute atomic E-state index is 14.1. The van der Waals surface area contributed by atoms with Crippen LogP contribution in [0.2, 0.25) is 0 Å². The highest BCUT2D eigenvalue weighted by Crippen LogP contribution is 2.53. The molecule has 2 saturated carbocycles. The van der Waals surface area contributed by atoms with E-state index in [1.54, 1.807) is 25.1 Å². The average molecular weight is 578 g/mol. The van der Waals surface area contributed by atoms with Crippen LogP contribution in [0.3, 0.4) is 0 Å². The van der Waals surface area contributed by atoms with Gasteiger partial charge in [0.15, 0.2) is 17.2 Å². The highest BCUT2D eigenvalue weighted by atomic mass is 16.3. The Morgan fingerprint density at radius 1 is 1.05 bits per heavy atom. The SMILES string of the molecule is CC(=O)c1cc(-c2ccc(N(C)C)cc2)c2c(c1O)C(O)=C1C(=O)[C@@]3(O)C(=O)C(C(N)=O)C(O)[C@H](N(C)C)[C@H]3C[C@H]1C2. The third-order valence-corrected chi connectivity index (χ3v) is 9.16. The van der Waals surface area contributed by atoms with E-state index in [0.29, 0.717) is 16.7 Å². The van der Waals surface area contributed by atoms with Crippen molar-refractivity contribution < 1.29 is 39.6 Å². The first-order valence-electron chi connectivity index (χ1n) is 13.7. The second-order valence-electron chi connectivity index (χ2n) is 12.0. The molecule has 3 aliphatic rings. The van der Waals surface area contributed by atoms with Crippen LogP contribution in [0.5, 0.6) is 5.75 Å². The molecule has 6 atom stereocenters. The van der Waals surface area contributed by atoms with Crippen LogP contribution < -0.4 is 10.6 Å². The number of carbonyl (C=O) groups is 4. The molecule has 2 unspecified atom stereocenters. The molecule has 2 aromatic carbocycles. The van der Waals surface area contributed by atoms with Crippen LogP contribution >= 0.6 is 0 Å². The van der Waals surface area contributed by atoms with Gasteiger partial charge in [-0.1, -0.05) is 12.1 Å². The molecule has 0 spiro atoms. The van der Waals surface area contributed by atoms with E-state index in [4.69, 9.17) is 5.73 Å². The van der Waals surface area contributed by atoms with Crippen molar-refractivity contribution in [2.45, 2.75) is 37.5 Å². The van der Waals surface area contributed by atoms with E-state index in [-0.39, 0.29) is 29.5 Å². The molecule has 0 aromatic heterocycles. The fraction of sp³-hybridized carbons (Fsp3) is 0.419. The lowest BCUT2D eigenvalue weighted by atomic mass is 9.54. The highest BCUT2D eigenvalue weighted by molar-refractivity contribution is 6.25. The fourth-order valence-corrected chi connectivity index (χ4v) is 7.14. The van der Waals surface area contributed by atoms with Gasteiger partial charge in [0.2, 0.25) is 11.7 Å². The van der Waals surface area contributed by atoms with Gasteiger partial charge in [0, 0.05) is 37.3 Å². The number of hydrogen-bond acceptors (Lipinski definition) is 10. The maximum Gasteiger partial charge on any atom is 0.230 e. The number of primary amides is 1. The quantitative estimate of drug-likeness (QED) is 0.255. The number of likely N-dealkylation sites (N-methyl/N-ethyl adjacent to an activating group) is 1. The Kier molecular flexibility index (Phi) is 7.04. The number of nitrogens with zero attached hydrogens (tertiary/aromatic N) is 2. The highest BCUT2D eigenvalue weighted by Gasteiger charge is 2.67. The van der Waals surface area contributed by atoms with E-state index in [1.165, 1.54) is 6.92 Å². The number of phenolic OH excluding ortho intramolecular Hbond substituents is 1. The number of aliphatic hydroxyl groups excluding tert-OH is 2. The van der Waals surface area contributed by atoms with Crippen molar-refractivity contribution >= 4 is 34.7 Å². The van der Waals surface area contributed by atoms with E-state index in [9.17, 15) is 39.6 Å². The number of anilines is 1. The van der Waals surface area contributed by atoms with Gasteiger partial charge >= 0.3 is 0 Å². The van der Waals surface area contributed by atoms with E-state index in [0.717, 1.165) is 5.69 Å². The summed E-state index contributed by atoms with van der Waals surface area (Å²) in [6.07, 6.45) is -1.43. The van der Waals surface area contributed by atoms with Gasteiger partial charge in [-0.3, -0.25) is 19.2 Å². The normalized spacial score (nSPS) is 28.7. The largest absolute Gasteiger partial charge is 0.507 e. The number of phenols is 1. The number of rotatable bonds is 5. The molecule has 11 heteroatoms. The second-order valence-corrected chi connectivity index (χ2v) is 12.0. The summed E-state index contributed by atoms with van der Waals surface area (Å²) in [7, 11) is 7.00. The lowest BCUT2D eigenvalue weighted by Crippen LogP contribution is -2.73. The third-order valence-electron chi connectivity index (χ3n) is 9.16. The summed E-state index contributed by atoms with van der Waals surface area (Å²) in [5, 5.41) is 45.6. The number of aromatic hydroxyl groups is 1. The molecule has 5 rings (SSSR count). The molecule has 0 radical (unpaired) electrons. The minimum absolute atomic E-state index is 0.00638. The molecule has 0 aliphatic heterocycles. The van der Waals surface area contributed by atoms with Crippen LogP contribution in [0.25, 0.3) is 16.9 Å². The molecule has 42 heavy (non-hydrogen) atoms. The minimum atomic E-state index is -2.75. The topological polar surface area (TPSA) is 182 Å². The van der Waals surface area contributed by atoms with Gasteiger partial charge in [0.05, 0.1) is 17.2 Å². The van der Waals surface area contributed by atoms with Crippen molar-refractivity contribution in [1.29, 1.82) is 0 Å². The Bertz CT molecular complexity index is 1560. The maximum atomic E-state index is 14.1. The molecule has 1 amide bonds. The van der Waals surface area contributed by atoms with Crippen molar-refractivity contribution in [3.8, 4) is 16.9 Å². The zero-order valence-electron chi connectivity index (χ0n) is 24.1. The predicted octanol–water partition coefficient (Wildman–Crippen LogP) is 1.06. The monoisotopic (exact) mass is 577 g/mol. The van der Waals surface area contributed by atoms with Crippen LogP contribution in [0.15, 0.2) is 35.9 Å². The number of ketones is 3. The first-order valence-corrected chi connectivity index (χ1v) is 13.7. The van der Waals surface area contributed by atoms with Gasteiger partial charge in [-0.15, -0.1) is 0 Å². The van der Waals surface area contributed by atoms with Crippen LogP contribution in [0.1, 0.15) is 34.8 Å². The van der Waals surface area contributed by atoms with Gasteiger partial charge in [0.25, 0.3) is 0 Å². The van der Waals surface area contributed by atoms with Crippen LogP contribution in [-0.2, 0) is 20.8 Å². The number of hydrogen-bond donors (Lipinski definition) is 5. The molecule has 11 nitrogen and oxygen atoms in total. The Morgan fingerprint density at radius 2 is 1.67 bits per heavy atom. The fourth-order valence-electron chi connectivity index (χ4n) is 7.14. The summed E-state index contributed by atoms with van der Waals surface area (Å²) in [6.45, 7) is 1.27. The standard InChI is InChI=1S/C31H35N3O8/c1-13(35)17-12-18(14-6-8-16(9-7-14)33(2)3)19-10-15-11-20-24(34(4)5)27(38)23(30(32)41)29(40)31(20,42)28(39)21(15)26(37)22(19)25(17)36/h6-9,12,15,20,23-24,27,36-38,42H,10-11H2,1-5H3,(H2,32,41)/t15-,20-,23?,24-,27?,31-/m1/s1. The van der Waals surface area contributed by atoms with Gasteiger partial charge in [-0.2, -0.15) is 0 Å². The molecular weight excluding hydrogens is 542 g/mol. The first-order chi connectivity index (χ1) is 19.6. The third kappa shape index (κ3) is 4.06. The molecule has 0 bridgehead atoms. The summed E-state index contributed by atoms with van der Waals surface area (Å²) < 4.78 is 0. The first kappa shape index (κ1) is 29.4. The van der Waals surface area contributed by atoms with Crippen molar-refractivity contribution in [2.75, 3.05) is 33.1 Å². The smallest absolute Gasteiger partial charge is 0.230 e. The molecule has 2 aromatic rings. The Hall–Kier alpha value is -4.06. The second kappa shape index (κ2) is 10.0. The molecule has 6 N–H and O–H groups in total. The number of amides is 1. The molecule has 0 saturated heterocycles. The van der Waals surface area contributed by atoms with E-state index < -0.39 is 70.3 Å². The number of Topliss-reactive ketones (excluding diaryl/α,β-unsaturated/α-hetero) is 3. The Morgan fingerprint density at radius 3 is 2.19 bits per heavy atom. The molecule has 2 fully saturated rings. The minimum Gasteiger partial charge on any atom is -0.507 e.